The Kier molecular flexibility index (Phi) is 4.90. The van der Waals surface area contributed by atoms with Crippen LogP contribution in [0.4, 0.5) is 11.4 Å². The number of likely N-dealkylation sites (tertiary alicyclic amines) is 1. The third kappa shape index (κ3) is 3.31. The van der Waals surface area contributed by atoms with E-state index in [-0.39, 0.29) is 11.8 Å². The monoisotopic (exact) mass is 444 g/mol. The summed E-state index contributed by atoms with van der Waals surface area (Å²) in [7, 11) is 0. The van der Waals surface area contributed by atoms with Crippen molar-refractivity contribution < 1.29 is 9.59 Å². The van der Waals surface area contributed by atoms with Crippen LogP contribution in [0.15, 0.2) is 48.7 Å². The van der Waals surface area contributed by atoms with Crippen molar-refractivity contribution in [3.8, 4) is 0 Å². The van der Waals surface area contributed by atoms with Gasteiger partial charge in [0.25, 0.3) is 5.91 Å². The van der Waals surface area contributed by atoms with Crippen molar-refractivity contribution >= 4 is 28.8 Å². The first-order valence-corrected chi connectivity index (χ1v) is 11.9. The number of piperidine rings is 1. The standard InChI is InChI=1S/C25H28N6O2/c32-22(31-20-8-2-1-7-19(20)26-24(33)25(31)12-4-5-13-25)17-29-15-10-18(11-16-29)23-28-27-21-9-3-6-14-30(21)23/h1-3,6-9,14,18H,4-5,10-13,15-17H2,(H,26,33). The molecule has 8 nitrogen and oxygen atoms in total. The summed E-state index contributed by atoms with van der Waals surface area (Å²) in [5, 5.41) is 11.8. The summed E-state index contributed by atoms with van der Waals surface area (Å²) < 4.78 is 2.07. The number of carbonyl (C=O) groups is 2. The molecule has 1 spiro atoms. The molecule has 0 unspecified atom stereocenters. The van der Waals surface area contributed by atoms with Crippen molar-refractivity contribution in [1.29, 1.82) is 0 Å². The third-order valence-corrected chi connectivity index (χ3v) is 7.58. The average molecular weight is 445 g/mol. The Labute approximate surface area is 192 Å². The second-order valence-corrected chi connectivity index (χ2v) is 9.48. The van der Waals surface area contributed by atoms with E-state index in [2.05, 4.69) is 24.8 Å². The van der Waals surface area contributed by atoms with Crippen molar-refractivity contribution in [2.24, 2.45) is 0 Å². The zero-order chi connectivity index (χ0) is 22.4. The summed E-state index contributed by atoms with van der Waals surface area (Å²) in [6.07, 6.45) is 7.27. The fourth-order valence-electron chi connectivity index (χ4n) is 5.88. The van der Waals surface area contributed by atoms with Gasteiger partial charge in [-0.25, -0.2) is 0 Å². The first-order chi connectivity index (χ1) is 16.2. The number of hydrogen-bond acceptors (Lipinski definition) is 5. The van der Waals surface area contributed by atoms with Crippen LogP contribution in [0, 0.1) is 0 Å². The van der Waals surface area contributed by atoms with Gasteiger partial charge in [0.15, 0.2) is 5.65 Å². The van der Waals surface area contributed by atoms with Gasteiger partial charge in [-0.3, -0.25) is 23.8 Å². The number of anilines is 2. The number of amides is 2. The fourth-order valence-corrected chi connectivity index (χ4v) is 5.88. The maximum absolute atomic E-state index is 13.7. The van der Waals surface area contributed by atoms with E-state index in [0.717, 1.165) is 74.5 Å². The Morgan fingerprint density at radius 1 is 1.03 bits per heavy atom. The van der Waals surface area contributed by atoms with E-state index in [1.54, 1.807) is 0 Å². The van der Waals surface area contributed by atoms with Crippen molar-refractivity contribution in [2.75, 3.05) is 29.9 Å². The van der Waals surface area contributed by atoms with Crippen molar-refractivity contribution in [2.45, 2.75) is 50.0 Å². The molecular weight excluding hydrogens is 416 g/mol. The lowest BCUT2D eigenvalue weighted by Crippen LogP contribution is -2.62. The first kappa shape index (κ1) is 20.4. The van der Waals surface area contributed by atoms with E-state index in [4.69, 9.17) is 0 Å². The van der Waals surface area contributed by atoms with Gasteiger partial charge in [-0.05, 0) is 63.0 Å². The minimum Gasteiger partial charge on any atom is -0.322 e. The summed E-state index contributed by atoms with van der Waals surface area (Å²) in [6.45, 7) is 1.98. The predicted octanol–water partition coefficient (Wildman–Crippen LogP) is 3.21. The minimum atomic E-state index is -0.746. The molecule has 170 valence electrons. The number of benzene rings is 1. The molecule has 0 bridgehead atoms. The maximum atomic E-state index is 13.7. The second kappa shape index (κ2) is 7.95. The van der Waals surface area contributed by atoms with Gasteiger partial charge in [-0.2, -0.15) is 0 Å². The lowest BCUT2D eigenvalue weighted by atomic mass is 9.89. The molecule has 1 saturated carbocycles. The molecule has 1 N–H and O–H groups in total. The quantitative estimate of drug-likeness (QED) is 0.671. The molecule has 2 aliphatic heterocycles. The van der Waals surface area contributed by atoms with E-state index < -0.39 is 5.54 Å². The van der Waals surface area contributed by atoms with E-state index in [9.17, 15) is 9.59 Å². The van der Waals surface area contributed by atoms with Gasteiger partial charge in [-0.1, -0.05) is 31.0 Å². The molecule has 3 aromatic rings. The van der Waals surface area contributed by atoms with Crippen LogP contribution in [0.2, 0.25) is 0 Å². The minimum absolute atomic E-state index is 0.0191. The first-order valence-electron chi connectivity index (χ1n) is 11.9. The van der Waals surface area contributed by atoms with Crippen molar-refractivity contribution in [1.82, 2.24) is 19.5 Å². The molecule has 2 amide bonds. The molecule has 1 saturated heterocycles. The van der Waals surface area contributed by atoms with Gasteiger partial charge in [0.2, 0.25) is 5.91 Å². The highest BCUT2D eigenvalue weighted by Gasteiger charge is 2.52. The van der Waals surface area contributed by atoms with Gasteiger partial charge in [0.05, 0.1) is 17.9 Å². The van der Waals surface area contributed by atoms with Crippen LogP contribution in [0.3, 0.4) is 0 Å². The topological polar surface area (TPSA) is 82.8 Å². The van der Waals surface area contributed by atoms with Crippen molar-refractivity contribution in [3.63, 3.8) is 0 Å². The third-order valence-electron chi connectivity index (χ3n) is 7.58. The molecule has 2 aromatic heterocycles. The molecular formula is C25H28N6O2. The highest BCUT2D eigenvalue weighted by atomic mass is 16.2. The average Bonchev–Trinajstić information content (AvgIpc) is 3.49. The normalized spacial score (nSPS) is 20.8. The van der Waals surface area contributed by atoms with Crippen LogP contribution >= 0.6 is 0 Å². The molecule has 8 heteroatoms. The van der Waals surface area contributed by atoms with Crippen LogP contribution in [0.5, 0.6) is 0 Å². The van der Waals surface area contributed by atoms with Gasteiger partial charge in [0, 0.05) is 12.1 Å². The summed E-state index contributed by atoms with van der Waals surface area (Å²) >= 11 is 0. The number of fused-ring (bicyclic) bond motifs is 2. The molecule has 0 atom stereocenters. The maximum Gasteiger partial charge on any atom is 0.250 e. The zero-order valence-corrected chi connectivity index (χ0v) is 18.6. The Hall–Kier alpha value is -3.26. The number of pyridine rings is 1. The number of hydrogen-bond donors (Lipinski definition) is 1. The lowest BCUT2D eigenvalue weighted by Gasteiger charge is -2.45. The smallest absolute Gasteiger partial charge is 0.250 e. The van der Waals surface area contributed by atoms with Crippen molar-refractivity contribution in [3.05, 3.63) is 54.5 Å². The molecule has 33 heavy (non-hydrogen) atoms. The summed E-state index contributed by atoms with van der Waals surface area (Å²) in [5.41, 5.74) is 1.68. The molecule has 6 rings (SSSR count). The van der Waals surface area contributed by atoms with Crippen LogP contribution in [-0.4, -0.2) is 56.5 Å². The highest BCUT2D eigenvalue weighted by molar-refractivity contribution is 6.15. The van der Waals surface area contributed by atoms with E-state index >= 15 is 0 Å². The second-order valence-electron chi connectivity index (χ2n) is 9.48. The number of carbonyl (C=O) groups excluding carboxylic acids is 2. The summed E-state index contributed by atoms with van der Waals surface area (Å²) in [4.78, 5) is 30.9. The van der Waals surface area contributed by atoms with E-state index in [1.165, 1.54) is 0 Å². The van der Waals surface area contributed by atoms with E-state index in [0.29, 0.717) is 12.5 Å². The highest BCUT2D eigenvalue weighted by Crippen LogP contribution is 2.45. The van der Waals surface area contributed by atoms with Gasteiger partial charge >= 0.3 is 0 Å². The number of aromatic nitrogens is 3. The molecule has 0 radical (unpaired) electrons. The Morgan fingerprint density at radius 3 is 2.61 bits per heavy atom. The largest absolute Gasteiger partial charge is 0.322 e. The van der Waals surface area contributed by atoms with Crippen LogP contribution < -0.4 is 10.2 Å². The molecule has 3 aliphatic rings. The lowest BCUT2D eigenvalue weighted by molar-refractivity contribution is -0.128. The molecule has 2 fully saturated rings. The summed E-state index contributed by atoms with van der Waals surface area (Å²) in [5.74, 6) is 1.31. The fraction of sp³-hybridized carbons (Fsp3) is 0.440. The number of rotatable bonds is 3. The molecule has 1 aromatic carbocycles. The van der Waals surface area contributed by atoms with Gasteiger partial charge in [0.1, 0.15) is 11.4 Å². The van der Waals surface area contributed by atoms with Crippen LogP contribution in [-0.2, 0) is 9.59 Å². The number of nitrogens with zero attached hydrogens (tertiary/aromatic N) is 5. The van der Waals surface area contributed by atoms with Gasteiger partial charge in [-0.15, -0.1) is 10.2 Å². The van der Waals surface area contributed by atoms with Crippen LogP contribution in [0.1, 0.15) is 50.3 Å². The molecule has 4 heterocycles. The Balaban J connectivity index is 1.19. The number of nitrogens with one attached hydrogen (secondary N) is 1. The van der Waals surface area contributed by atoms with Crippen LogP contribution in [0.25, 0.3) is 5.65 Å². The SMILES string of the molecule is O=C(CN1CCC(c2nnc3ccccn23)CC1)N1c2ccccc2NC(=O)C12CCCC2. The Bertz CT molecular complexity index is 1210. The Morgan fingerprint density at radius 2 is 1.79 bits per heavy atom. The van der Waals surface area contributed by atoms with Gasteiger partial charge < -0.3 is 5.32 Å². The summed E-state index contributed by atoms with van der Waals surface area (Å²) in [6, 6.07) is 13.6. The predicted molar refractivity (Wildman–Crippen MR) is 125 cm³/mol. The molecule has 1 aliphatic carbocycles. The zero-order valence-electron chi connectivity index (χ0n) is 18.6. The van der Waals surface area contributed by atoms with E-state index in [1.807, 2.05) is 53.6 Å². The number of para-hydroxylation sites is 2.